The molecule has 144 valence electrons. The Morgan fingerprint density at radius 2 is 1.92 bits per heavy atom. The Balaban J connectivity index is 2.31. The van der Waals surface area contributed by atoms with Gasteiger partial charge in [-0.3, -0.25) is 0 Å². The SMILES string of the molecule is COC(=O)c1cc(C#CC(C)C)sc1N(CC1CCC(C)CC1)C(C)C. The van der Waals surface area contributed by atoms with Crippen LogP contribution in [0.5, 0.6) is 0 Å². The zero-order valence-corrected chi connectivity index (χ0v) is 17.9. The topological polar surface area (TPSA) is 29.5 Å². The lowest BCUT2D eigenvalue weighted by atomic mass is 9.82. The average Bonchev–Trinajstić information content (AvgIpc) is 3.02. The van der Waals surface area contributed by atoms with Gasteiger partial charge in [-0.05, 0) is 44.6 Å². The van der Waals surface area contributed by atoms with Crippen molar-refractivity contribution >= 4 is 22.3 Å². The number of hydrogen-bond acceptors (Lipinski definition) is 4. The van der Waals surface area contributed by atoms with Crippen molar-refractivity contribution in [2.24, 2.45) is 17.8 Å². The van der Waals surface area contributed by atoms with Crippen LogP contribution in [0.4, 0.5) is 5.00 Å². The van der Waals surface area contributed by atoms with E-state index >= 15 is 0 Å². The van der Waals surface area contributed by atoms with Crippen molar-refractivity contribution in [3.05, 3.63) is 16.5 Å². The lowest BCUT2D eigenvalue weighted by Gasteiger charge is -2.35. The van der Waals surface area contributed by atoms with Gasteiger partial charge in [-0.1, -0.05) is 45.5 Å². The van der Waals surface area contributed by atoms with E-state index in [0.717, 1.165) is 22.3 Å². The Morgan fingerprint density at radius 1 is 1.27 bits per heavy atom. The van der Waals surface area contributed by atoms with Crippen molar-refractivity contribution in [1.29, 1.82) is 0 Å². The van der Waals surface area contributed by atoms with Crippen molar-refractivity contribution in [2.45, 2.75) is 66.3 Å². The Bertz CT molecular complexity index is 657. The molecule has 3 nitrogen and oxygen atoms in total. The molecule has 0 aromatic carbocycles. The van der Waals surface area contributed by atoms with Crippen molar-refractivity contribution in [3.63, 3.8) is 0 Å². The number of ether oxygens (including phenoxy) is 1. The fourth-order valence-electron chi connectivity index (χ4n) is 3.45. The van der Waals surface area contributed by atoms with Crippen LogP contribution in [0.25, 0.3) is 0 Å². The Labute approximate surface area is 163 Å². The van der Waals surface area contributed by atoms with Crippen molar-refractivity contribution in [1.82, 2.24) is 0 Å². The third-order valence-corrected chi connectivity index (χ3v) is 6.16. The van der Waals surface area contributed by atoms with Crippen LogP contribution in [0.2, 0.25) is 0 Å². The molecule has 1 heterocycles. The molecular formula is C22H33NO2S. The molecule has 1 aromatic heterocycles. The summed E-state index contributed by atoms with van der Waals surface area (Å²) in [6.45, 7) is 11.9. The summed E-state index contributed by atoms with van der Waals surface area (Å²) in [5, 5.41) is 1.01. The van der Waals surface area contributed by atoms with E-state index in [0.29, 0.717) is 23.4 Å². The number of nitrogens with zero attached hydrogens (tertiary/aromatic N) is 1. The molecule has 0 radical (unpaired) electrons. The maximum absolute atomic E-state index is 12.4. The van der Waals surface area contributed by atoms with Gasteiger partial charge in [0, 0.05) is 18.5 Å². The number of carbonyl (C=O) groups excluding carboxylic acids is 1. The van der Waals surface area contributed by atoms with E-state index in [1.807, 2.05) is 6.07 Å². The predicted octanol–water partition coefficient (Wildman–Crippen LogP) is 5.58. The summed E-state index contributed by atoms with van der Waals surface area (Å²) < 4.78 is 5.04. The number of methoxy groups -OCH3 is 1. The van der Waals surface area contributed by atoms with E-state index in [-0.39, 0.29) is 5.97 Å². The van der Waals surface area contributed by atoms with Gasteiger partial charge in [0.2, 0.25) is 0 Å². The maximum atomic E-state index is 12.4. The van der Waals surface area contributed by atoms with Crippen LogP contribution in [0.3, 0.4) is 0 Å². The quantitative estimate of drug-likeness (QED) is 0.497. The second kappa shape index (κ2) is 9.46. The highest BCUT2D eigenvalue weighted by molar-refractivity contribution is 7.17. The van der Waals surface area contributed by atoms with Crippen LogP contribution < -0.4 is 4.90 Å². The van der Waals surface area contributed by atoms with Gasteiger partial charge in [-0.25, -0.2) is 4.79 Å². The number of anilines is 1. The smallest absolute Gasteiger partial charge is 0.340 e. The number of esters is 1. The number of rotatable bonds is 5. The minimum absolute atomic E-state index is 0.267. The molecule has 0 amide bonds. The number of carbonyl (C=O) groups is 1. The van der Waals surface area contributed by atoms with Crippen LogP contribution >= 0.6 is 11.3 Å². The van der Waals surface area contributed by atoms with Crippen LogP contribution in [0.15, 0.2) is 6.07 Å². The molecule has 4 heteroatoms. The van der Waals surface area contributed by atoms with Gasteiger partial charge in [-0.2, -0.15) is 0 Å². The molecule has 0 atom stereocenters. The lowest BCUT2D eigenvalue weighted by Crippen LogP contribution is -2.37. The molecule has 0 N–H and O–H groups in total. The average molecular weight is 376 g/mol. The number of hydrogen-bond donors (Lipinski definition) is 0. The molecule has 0 unspecified atom stereocenters. The van der Waals surface area contributed by atoms with Gasteiger partial charge < -0.3 is 9.64 Å². The van der Waals surface area contributed by atoms with Gasteiger partial charge in [0.05, 0.1) is 17.6 Å². The Hall–Kier alpha value is -1.47. The summed E-state index contributed by atoms with van der Waals surface area (Å²) in [5.74, 6) is 8.02. The standard InChI is InChI=1S/C22H33NO2S/c1-15(2)7-12-19-13-20(22(24)25-6)21(26-19)23(16(3)4)14-18-10-8-17(5)9-11-18/h13,15-18H,8-11,14H2,1-6H3. The highest BCUT2D eigenvalue weighted by Crippen LogP contribution is 2.36. The van der Waals surface area contributed by atoms with Gasteiger partial charge >= 0.3 is 5.97 Å². The Morgan fingerprint density at radius 3 is 2.46 bits per heavy atom. The lowest BCUT2D eigenvalue weighted by molar-refractivity contribution is 0.0602. The zero-order chi connectivity index (χ0) is 19.3. The summed E-state index contributed by atoms with van der Waals surface area (Å²) in [5.41, 5.74) is 0.656. The fourth-order valence-corrected chi connectivity index (χ4v) is 4.60. The fraction of sp³-hybridized carbons (Fsp3) is 0.682. The molecule has 26 heavy (non-hydrogen) atoms. The molecule has 1 fully saturated rings. The molecule has 1 aliphatic rings. The first kappa shape index (κ1) is 20.8. The second-order valence-corrected chi connectivity index (χ2v) is 9.15. The highest BCUT2D eigenvalue weighted by Gasteiger charge is 2.27. The molecule has 1 aromatic rings. The normalized spacial score (nSPS) is 20.0. The molecule has 1 aliphatic carbocycles. The zero-order valence-electron chi connectivity index (χ0n) is 17.1. The van der Waals surface area contributed by atoms with Crippen LogP contribution in [-0.4, -0.2) is 25.7 Å². The van der Waals surface area contributed by atoms with Crippen molar-refractivity contribution in [2.75, 3.05) is 18.6 Å². The monoisotopic (exact) mass is 375 g/mol. The van der Waals surface area contributed by atoms with E-state index in [1.165, 1.54) is 32.8 Å². The van der Waals surface area contributed by atoms with Gasteiger partial charge in [0.25, 0.3) is 0 Å². The summed E-state index contributed by atoms with van der Waals surface area (Å²) in [7, 11) is 1.45. The van der Waals surface area contributed by atoms with E-state index in [2.05, 4.69) is 51.4 Å². The second-order valence-electron chi connectivity index (χ2n) is 8.12. The van der Waals surface area contributed by atoms with E-state index in [1.54, 1.807) is 11.3 Å². The summed E-state index contributed by atoms with van der Waals surface area (Å²) >= 11 is 1.62. The molecule has 0 saturated heterocycles. The molecule has 0 bridgehead atoms. The van der Waals surface area contributed by atoms with Gasteiger partial charge in [0.1, 0.15) is 5.00 Å². The third kappa shape index (κ3) is 5.51. The predicted molar refractivity (Wildman–Crippen MR) is 111 cm³/mol. The van der Waals surface area contributed by atoms with E-state index in [4.69, 9.17) is 4.74 Å². The molecule has 0 aliphatic heterocycles. The van der Waals surface area contributed by atoms with Gasteiger partial charge in [-0.15, -0.1) is 11.3 Å². The van der Waals surface area contributed by atoms with Crippen LogP contribution in [0, 0.1) is 29.6 Å². The molecular weight excluding hydrogens is 342 g/mol. The largest absolute Gasteiger partial charge is 0.465 e. The van der Waals surface area contributed by atoms with Crippen molar-refractivity contribution in [3.8, 4) is 11.8 Å². The highest BCUT2D eigenvalue weighted by atomic mass is 32.1. The third-order valence-electron chi connectivity index (χ3n) is 5.08. The minimum atomic E-state index is -0.267. The summed E-state index contributed by atoms with van der Waals surface area (Å²) in [6.07, 6.45) is 5.19. The van der Waals surface area contributed by atoms with Crippen LogP contribution in [0.1, 0.15) is 75.5 Å². The summed E-state index contributed by atoms with van der Waals surface area (Å²) in [4.78, 5) is 15.7. The van der Waals surface area contributed by atoms with Crippen LogP contribution in [-0.2, 0) is 4.74 Å². The first-order chi connectivity index (χ1) is 12.3. The van der Waals surface area contributed by atoms with Gasteiger partial charge in [0.15, 0.2) is 0 Å². The minimum Gasteiger partial charge on any atom is -0.465 e. The molecule has 2 rings (SSSR count). The Kier molecular flexibility index (Phi) is 7.58. The number of thiophene rings is 1. The van der Waals surface area contributed by atoms with E-state index in [9.17, 15) is 4.79 Å². The maximum Gasteiger partial charge on any atom is 0.340 e. The van der Waals surface area contributed by atoms with Crippen molar-refractivity contribution < 1.29 is 9.53 Å². The van der Waals surface area contributed by atoms with E-state index < -0.39 is 0 Å². The first-order valence-corrected chi connectivity index (χ1v) is 10.6. The molecule has 1 saturated carbocycles. The summed E-state index contributed by atoms with van der Waals surface area (Å²) in [6, 6.07) is 2.24. The molecule has 0 spiro atoms. The first-order valence-electron chi connectivity index (χ1n) is 9.82.